The maximum absolute atomic E-state index is 13.1. The van der Waals surface area contributed by atoms with Crippen molar-refractivity contribution in [3.05, 3.63) is 65.2 Å². The zero-order chi connectivity index (χ0) is 18.9. The van der Waals surface area contributed by atoms with Gasteiger partial charge in [0.05, 0.1) is 0 Å². The summed E-state index contributed by atoms with van der Waals surface area (Å²) >= 11 is 0. The summed E-state index contributed by atoms with van der Waals surface area (Å²) < 4.78 is 29.8. The number of alkyl halides is 2. The highest BCUT2D eigenvalue weighted by molar-refractivity contribution is 6.08. The number of hydrogen-bond donors (Lipinski definition) is 1. The monoisotopic (exact) mass is 359 g/mol. The molecule has 1 aliphatic heterocycles. The number of nitrogens with zero attached hydrogens (tertiary/aromatic N) is 2. The molecule has 7 heteroatoms. The minimum Gasteiger partial charge on any atom is -0.435 e. The van der Waals surface area contributed by atoms with E-state index in [9.17, 15) is 13.6 Å². The largest absolute Gasteiger partial charge is 0.435 e. The lowest BCUT2D eigenvalue weighted by molar-refractivity contribution is -0.129. The molecule has 0 radical (unpaired) electrons. The van der Waals surface area contributed by atoms with Gasteiger partial charge in [-0.2, -0.15) is 8.78 Å². The number of rotatable bonds is 5. The Morgan fingerprint density at radius 2 is 1.88 bits per heavy atom. The van der Waals surface area contributed by atoms with Crippen LogP contribution in [0, 0.1) is 0 Å². The van der Waals surface area contributed by atoms with Crippen molar-refractivity contribution in [3.63, 3.8) is 0 Å². The van der Waals surface area contributed by atoms with Crippen LogP contribution in [-0.2, 0) is 16.8 Å². The number of carbonyl (C=O) groups excluding carboxylic acids is 1. The van der Waals surface area contributed by atoms with Crippen molar-refractivity contribution in [2.75, 3.05) is 7.05 Å². The molecule has 1 amide bonds. The Hall–Kier alpha value is -2.96. The normalized spacial score (nSPS) is 19.8. The summed E-state index contributed by atoms with van der Waals surface area (Å²) in [5.41, 5.74) is 6.35. The fourth-order valence-corrected chi connectivity index (χ4v) is 3.16. The molecule has 2 aromatic rings. The number of halogens is 2. The van der Waals surface area contributed by atoms with Crippen LogP contribution in [0.5, 0.6) is 5.75 Å². The number of likely N-dealkylation sites (N-methyl/N-ethyl adjacent to an activating group) is 1. The first-order valence-corrected chi connectivity index (χ1v) is 8.17. The van der Waals surface area contributed by atoms with Gasteiger partial charge in [0.25, 0.3) is 5.91 Å². The third-order valence-electron chi connectivity index (χ3n) is 4.51. The Morgan fingerprint density at radius 1 is 1.19 bits per heavy atom. The first-order chi connectivity index (χ1) is 12.4. The molecule has 1 heterocycles. The molecular formula is C19H19F2N3O2. The third-order valence-corrected chi connectivity index (χ3v) is 4.51. The van der Waals surface area contributed by atoms with Gasteiger partial charge in [-0.05, 0) is 35.2 Å². The van der Waals surface area contributed by atoms with Gasteiger partial charge in [0.2, 0.25) is 0 Å². The Morgan fingerprint density at radius 3 is 2.42 bits per heavy atom. The maximum Gasteiger partial charge on any atom is 0.387 e. The quantitative estimate of drug-likeness (QED) is 0.893. The molecular weight excluding hydrogens is 340 g/mol. The van der Waals surface area contributed by atoms with E-state index in [1.807, 2.05) is 25.1 Å². The zero-order valence-corrected chi connectivity index (χ0v) is 14.4. The van der Waals surface area contributed by atoms with Crippen molar-refractivity contribution in [2.45, 2.75) is 25.5 Å². The van der Waals surface area contributed by atoms with E-state index in [0.29, 0.717) is 23.1 Å². The fraction of sp³-hybridized carbons (Fsp3) is 0.263. The van der Waals surface area contributed by atoms with Crippen LogP contribution in [0.3, 0.4) is 0 Å². The highest BCUT2D eigenvalue weighted by Gasteiger charge is 2.49. The molecule has 0 bridgehead atoms. The van der Waals surface area contributed by atoms with E-state index in [2.05, 4.69) is 9.73 Å². The van der Waals surface area contributed by atoms with Gasteiger partial charge >= 0.3 is 6.61 Å². The van der Waals surface area contributed by atoms with E-state index in [1.165, 1.54) is 11.0 Å². The fourth-order valence-electron chi connectivity index (χ4n) is 3.16. The highest BCUT2D eigenvalue weighted by Crippen LogP contribution is 2.40. The average molecular weight is 359 g/mol. The van der Waals surface area contributed by atoms with Crippen molar-refractivity contribution in [2.24, 2.45) is 10.7 Å². The summed E-state index contributed by atoms with van der Waals surface area (Å²) in [6.07, 6.45) is 0.462. The Labute approximate surface area is 150 Å². The molecule has 26 heavy (non-hydrogen) atoms. The van der Waals surface area contributed by atoms with Crippen LogP contribution in [0.25, 0.3) is 0 Å². The lowest BCUT2D eigenvalue weighted by atomic mass is 9.82. The van der Waals surface area contributed by atoms with Gasteiger partial charge in [0, 0.05) is 7.05 Å². The minimum absolute atomic E-state index is 0.0882. The summed E-state index contributed by atoms with van der Waals surface area (Å²) in [5.74, 6) is -0.110. The summed E-state index contributed by atoms with van der Waals surface area (Å²) in [5, 5.41) is 0. The molecule has 0 aliphatic carbocycles. The number of carbonyl (C=O) groups is 1. The average Bonchev–Trinajstić information content (AvgIpc) is 2.87. The van der Waals surface area contributed by atoms with E-state index in [-0.39, 0.29) is 17.6 Å². The minimum atomic E-state index is -2.91. The van der Waals surface area contributed by atoms with Crippen LogP contribution in [0.1, 0.15) is 23.6 Å². The predicted octanol–water partition coefficient (Wildman–Crippen LogP) is 2.88. The number of guanidine groups is 1. The molecule has 2 aromatic carbocycles. The van der Waals surface area contributed by atoms with Gasteiger partial charge in [0.1, 0.15) is 5.75 Å². The second kappa shape index (κ2) is 6.74. The molecule has 0 spiro atoms. The molecule has 0 unspecified atom stereocenters. The number of aliphatic imine (C=N–C) groups is 1. The lowest BCUT2D eigenvalue weighted by Crippen LogP contribution is -2.41. The molecule has 5 nitrogen and oxygen atoms in total. The summed E-state index contributed by atoms with van der Waals surface area (Å²) in [6, 6.07) is 13.8. The van der Waals surface area contributed by atoms with Crippen molar-refractivity contribution in [1.29, 1.82) is 0 Å². The van der Waals surface area contributed by atoms with Crippen LogP contribution in [0.2, 0.25) is 0 Å². The van der Waals surface area contributed by atoms with Gasteiger partial charge in [-0.1, -0.05) is 43.3 Å². The van der Waals surface area contributed by atoms with Crippen LogP contribution in [-0.4, -0.2) is 30.4 Å². The summed E-state index contributed by atoms with van der Waals surface area (Å²) in [6.45, 7) is -1.09. The Bertz CT molecular complexity index is 855. The number of hydrogen-bond acceptors (Lipinski definition) is 4. The molecule has 0 fully saturated rings. The number of benzene rings is 2. The first kappa shape index (κ1) is 17.8. The number of nitrogens with two attached hydrogens (primary N) is 1. The van der Waals surface area contributed by atoms with Gasteiger partial charge in [-0.25, -0.2) is 4.99 Å². The van der Waals surface area contributed by atoms with Gasteiger partial charge < -0.3 is 10.5 Å². The topological polar surface area (TPSA) is 67.9 Å². The van der Waals surface area contributed by atoms with Crippen molar-refractivity contribution < 1.29 is 18.3 Å². The maximum atomic E-state index is 13.1. The molecule has 136 valence electrons. The Balaban J connectivity index is 2.20. The molecule has 1 aliphatic rings. The molecule has 1 atom stereocenters. The summed E-state index contributed by atoms with van der Waals surface area (Å²) in [4.78, 5) is 18.8. The van der Waals surface area contributed by atoms with Gasteiger partial charge in [-0.15, -0.1) is 0 Å². The molecule has 0 saturated heterocycles. The highest BCUT2D eigenvalue weighted by atomic mass is 19.3. The lowest BCUT2D eigenvalue weighted by Gasteiger charge is -2.27. The van der Waals surface area contributed by atoms with Crippen molar-refractivity contribution >= 4 is 11.9 Å². The molecule has 2 N–H and O–H groups in total. The van der Waals surface area contributed by atoms with Crippen LogP contribution in [0.4, 0.5) is 8.78 Å². The van der Waals surface area contributed by atoms with E-state index in [4.69, 9.17) is 5.73 Å². The smallest absolute Gasteiger partial charge is 0.387 e. The molecule has 0 saturated carbocycles. The van der Waals surface area contributed by atoms with Crippen molar-refractivity contribution in [3.8, 4) is 5.75 Å². The molecule has 3 rings (SSSR count). The van der Waals surface area contributed by atoms with E-state index in [0.717, 1.165) is 0 Å². The van der Waals surface area contributed by atoms with Crippen LogP contribution >= 0.6 is 0 Å². The first-order valence-electron chi connectivity index (χ1n) is 8.17. The predicted molar refractivity (Wildman–Crippen MR) is 94.1 cm³/mol. The second-order valence-electron chi connectivity index (χ2n) is 5.97. The van der Waals surface area contributed by atoms with Gasteiger partial charge in [-0.3, -0.25) is 9.69 Å². The van der Waals surface area contributed by atoms with E-state index >= 15 is 0 Å². The third kappa shape index (κ3) is 2.79. The second-order valence-corrected chi connectivity index (χ2v) is 5.97. The van der Waals surface area contributed by atoms with E-state index in [1.54, 1.807) is 31.3 Å². The Kier molecular flexibility index (Phi) is 4.63. The number of ether oxygens (including phenoxy) is 1. The van der Waals surface area contributed by atoms with Crippen LogP contribution in [0.15, 0.2) is 53.5 Å². The summed E-state index contributed by atoms with van der Waals surface area (Å²) in [7, 11) is 1.56. The zero-order valence-electron chi connectivity index (χ0n) is 14.4. The van der Waals surface area contributed by atoms with Gasteiger partial charge in [0.15, 0.2) is 11.5 Å². The SMILES string of the molecule is CCc1cc([C@]2(c3ccccc3)N=C(N)N(C)C2=O)ccc1OC(F)F. The van der Waals surface area contributed by atoms with Crippen molar-refractivity contribution in [1.82, 2.24) is 4.90 Å². The van der Waals surface area contributed by atoms with Crippen LogP contribution < -0.4 is 10.5 Å². The molecule has 0 aromatic heterocycles. The number of aryl methyl sites for hydroxylation is 1. The van der Waals surface area contributed by atoms with E-state index < -0.39 is 12.2 Å². The number of amides is 1. The standard InChI is InChI=1S/C19H19F2N3O2/c1-3-12-11-14(9-10-15(12)26-17(20)21)19(13-7-5-4-6-8-13)16(25)24(2)18(22)23-19/h4-11,17H,3H2,1-2H3,(H2,22,23)/t19-/m0/s1.